The number of halogens is 1. The van der Waals surface area contributed by atoms with Crippen LogP contribution in [-0.4, -0.2) is 39.8 Å². The van der Waals surface area contributed by atoms with Crippen LogP contribution in [0.1, 0.15) is 27.6 Å². The molecule has 0 unspecified atom stereocenters. The van der Waals surface area contributed by atoms with E-state index in [1.54, 1.807) is 31.2 Å². The number of esters is 1. The molecule has 0 aromatic heterocycles. The van der Waals surface area contributed by atoms with Gasteiger partial charge in [0.15, 0.2) is 11.5 Å². The third-order valence-corrected chi connectivity index (χ3v) is 4.47. The summed E-state index contributed by atoms with van der Waals surface area (Å²) in [6.07, 6.45) is 0. The molecular weight excluding hydrogens is 418 g/mol. The van der Waals surface area contributed by atoms with Crippen molar-refractivity contribution in [1.82, 2.24) is 0 Å². The molecule has 0 fully saturated rings. The van der Waals surface area contributed by atoms with E-state index in [4.69, 9.17) is 18.9 Å². The lowest BCUT2D eigenvalue weighted by Crippen LogP contribution is -2.17. The Kier molecular flexibility index (Phi) is 7.06. The molecule has 1 N–H and O–H groups in total. The Hall–Kier alpha value is -2.74. The molecule has 0 spiro atoms. The van der Waals surface area contributed by atoms with Gasteiger partial charge in [-0.3, -0.25) is 4.79 Å². The summed E-state index contributed by atoms with van der Waals surface area (Å²) < 4.78 is 21.3. The smallest absolute Gasteiger partial charge is 0.340 e. The number of benzene rings is 2. The minimum Gasteiger partial charge on any atom is -0.493 e. The largest absolute Gasteiger partial charge is 0.493 e. The zero-order valence-corrected chi connectivity index (χ0v) is 17.0. The quantitative estimate of drug-likeness (QED) is 0.661. The molecule has 2 aromatic carbocycles. The average molecular weight is 438 g/mol. The summed E-state index contributed by atoms with van der Waals surface area (Å²) in [5.41, 5.74) is 0.848. The summed E-state index contributed by atoms with van der Waals surface area (Å²) >= 11 is 3.37. The van der Waals surface area contributed by atoms with E-state index < -0.39 is 11.9 Å². The van der Waals surface area contributed by atoms with Crippen LogP contribution in [0.25, 0.3) is 0 Å². The number of amides is 1. The van der Waals surface area contributed by atoms with Crippen molar-refractivity contribution in [2.45, 2.75) is 6.92 Å². The number of carbonyl (C=O) groups excluding carboxylic acids is 2. The van der Waals surface area contributed by atoms with Crippen molar-refractivity contribution in [3.8, 4) is 17.2 Å². The predicted molar refractivity (Wildman–Crippen MR) is 104 cm³/mol. The van der Waals surface area contributed by atoms with Gasteiger partial charge >= 0.3 is 5.97 Å². The van der Waals surface area contributed by atoms with E-state index in [2.05, 4.69) is 21.2 Å². The lowest BCUT2D eigenvalue weighted by atomic mass is 10.1. The molecule has 8 heteroatoms. The van der Waals surface area contributed by atoms with Crippen molar-refractivity contribution >= 4 is 33.5 Å². The first-order valence-electron chi connectivity index (χ1n) is 8.04. The first-order chi connectivity index (χ1) is 13.0. The fourth-order valence-electron chi connectivity index (χ4n) is 2.45. The number of anilines is 1. The SMILES string of the molecule is CCOC(=O)c1ccccc1NC(=O)c1cc(OC)c(OC)c(OC)c1Br. The topological polar surface area (TPSA) is 83.1 Å². The van der Waals surface area contributed by atoms with Crippen LogP contribution < -0.4 is 19.5 Å². The van der Waals surface area contributed by atoms with Crippen LogP contribution in [0.3, 0.4) is 0 Å². The molecule has 0 heterocycles. The highest BCUT2D eigenvalue weighted by Gasteiger charge is 2.24. The molecule has 0 aliphatic heterocycles. The van der Waals surface area contributed by atoms with Crippen LogP contribution in [0.5, 0.6) is 17.2 Å². The van der Waals surface area contributed by atoms with Gasteiger partial charge in [0.05, 0.1) is 49.2 Å². The Morgan fingerprint density at radius 2 is 1.67 bits per heavy atom. The monoisotopic (exact) mass is 437 g/mol. The molecule has 0 aliphatic rings. The van der Waals surface area contributed by atoms with Crippen LogP contribution in [0.2, 0.25) is 0 Å². The molecule has 2 rings (SSSR count). The van der Waals surface area contributed by atoms with Crippen LogP contribution in [0.15, 0.2) is 34.8 Å². The van der Waals surface area contributed by atoms with E-state index >= 15 is 0 Å². The molecular formula is C19H20BrNO6. The minimum atomic E-state index is -0.516. The van der Waals surface area contributed by atoms with Gasteiger partial charge in [-0.2, -0.15) is 0 Å². The fourth-order valence-corrected chi connectivity index (χ4v) is 3.09. The highest BCUT2D eigenvalue weighted by atomic mass is 79.9. The van der Waals surface area contributed by atoms with Crippen molar-refractivity contribution < 1.29 is 28.5 Å². The Labute approximate surface area is 165 Å². The van der Waals surface area contributed by atoms with Crippen LogP contribution in [0, 0.1) is 0 Å². The maximum atomic E-state index is 12.9. The van der Waals surface area contributed by atoms with Gasteiger partial charge in [-0.05, 0) is 41.1 Å². The third-order valence-electron chi connectivity index (χ3n) is 3.68. The van der Waals surface area contributed by atoms with Gasteiger partial charge in [0.25, 0.3) is 5.91 Å². The van der Waals surface area contributed by atoms with Gasteiger partial charge in [-0.25, -0.2) is 4.79 Å². The number of nitrogens with one attached hydrogen (secondary N) is 1. The number of hydrogen-bond donors (Lipinski definition) is 1. The summed E-state index contributed by atoms with van der Waals surface area (Å²) in [6.45, 7) is 1.95. The number of carbonyl (C=O) groups is 2. The van der Waals surface area contributed by atoms with Gasteiger partial charge < -0.3 is 24.3 Å². The lowest BCUT2D eigenvalue weighted by Gasteiger charge is -2.17. The maximum absolute atomic E-state index is 12.9. The fraction of sp³-hybridized carbons (Fsp3) is 0.263. The minimum absolute atomic E-state index is 0.236. The van der Waals surface area contributed by atoms with E-state index in [1.165, 1.54) is 27.4 Å². The van der Waals surface area contributed by atoms with E-state index in [0.717, 1.165) is 0 Å². The number of ether oxygens (including phenoxy) is 4. The molecule has 0 atom stereocenters. The van der Waals surface area contributed by atoms with Crippen LogP contribution in [0.4, 0.5) is 5.69 Å². The third kappa shape index (κ3) is 4.33. The van der Waals surface area contributed by atoms with Crippen LogP contribution in [-0.2, 0) is 4.74 Å². The molecule has 7 nitrogen and oxygen atoms in total. The van der Waals surface area contributed by atoms with Crippen molar-refractivity contribution in [3.05, 3.63) is 45.9 Å². The predicted octanol–water partition coefficient (Wildman–Crippen LogP) is 3.90. The number of methoxy groups -OCH3 is 3. The summed E-state index contributed by atoms with van der Waals surface area (Å²) in [7, 11) is 4.39. The van der Waals surface area contributed by atoms with E-state index in [-0.39, 0.29) is 17.7 Å². The zero-order valence-electron chi connectivity index (χ0n) is 15.4. The van der Waals surface area contributed by atoms with Crippen molar-refractivity contribution in [2.24, 2.45) is 0 Å². The van der Waals surface area contributed by atoms with Crippen LogP contribution >= 0.6 is 15.9 Å². The lowest BCUT2D eigenvalue weighted by molar-refractivity contribution is 0.0527. The van der Waals surface area contributed by atoms with Crippen molar-refractivity contribution in [2.75, 3.05) is 33.3 Å². The second kappa shape index (κ2) is 9.27. The normalized spacial score (nSPS) is 10.1. The molecule has 144 valence electrons. The van der Waals surface area contributed by atoms with Gasteiger partial charge in [0.1, 0.15) is 0 Å². The number of hydrogen-bond acceptors (Lipinski definition) is 6. The molecule has 0 saturated carbocycles. The summed E-state index contributed by atoms with van der Waals surface area (Å²) in [6, 6.07) is 8.13. The first kappa shape index (κ1) is 20.6. The molecule has 1 amide bonds. The molecule has 0 aliphatic carbocycles. The standard InChI is InChI=1S/C19H20BrNO6/c1-5-27-19(23)11-8-6-7-9-13(11)21-18(22)12-10-14(24-2)16(25-3)17(26-4)15(12)20/h6-10H,5H2,1-4H3,(H,21,22). The van der Waals surface area contributed by atoms with Gasteiger partial charge in [0, 0.05) is 0 Å². The van der Waals surface area contributed by atoms with Gasteiger partial charge in [-0.15, -0.1) is 0 Å². The van der Waals surface area contributed by atoms with E-state index in [1.807, 2.05) is 0 Å². The van der Waals surface area contributed by atoms with Gasteiger partial charge in [-0.1, -0.05) is 12.1 Å². The number of para-hydroxylation sites is 1. The van der Waals surface area contributed by atoms with Crippen molar-refractivity contribution in [3.63, 3.8) is 0 Å². The Bertz CT molecular complexity index is 852. The summed E-state index contributed by atoms with van der Waals surface area (Å²) in [5.74, 6) is 0.0349. The maximum Gasteiger partial charge on any atom is 0.340 e. The van der Waals surface area contributed by atoms with Gasteiger partial charge in [0.2, 0.25) is 5.75 Å². The molecule has 0 radical (unpaired) electrons. The zero-order chi connectivity index (χ0) is 20.0. The highest BCUT2D eigenvalue weighted by molar-refractivity contribution is 9.10. The second-order valence-corrected chi connectivity index (χ2v) is 6.02. The van der Waals surface area contributed by atoms with Crippen molar-refractivity contribution in [1.29, 1.82) is 0 Å². The molecule has 0 saturated heterocycles. The second-order valence-electron chi connectivity index (χ2n) is 5.23. The number of rotatable bonds is 7. The Morgan fingerprint density at radius 1 is 1.00 bits per heavy atom. The Balaban J connectivity index is 2.44. The summed E-state index contributed by atoms with van der Waals surface area (Å²) in [4.78, 5) is 25.0. The first-order valence-corrected chi connectivity index (χ1v) is 8.83. The average Bonchev–Trinajstić information content (AvgIpc) is 2.67. The van der Waals surface area contributed by atoms with E-state index in [9.17, 15) is 9.59 Å². The molecule has 2 aromatic rings. The molecule has 0 bridgehead atoms. The molecule has 27 heavy (non-hydrogen) atoms. The summed E-state index contributed by atoms with van der Waals surface area (Å²) in [5, 5.41) is 2.73. The van der Waals surface area contributed by atoms with E-state index in [0.29, 0.717) is 27.4 Å². The Morgan fingerprint density at radius 3 is 2.26 bits per heavy atom. The highest BCUT2D eigenvalue weighted by Crippen LogP contribution is 2.44.